The highest BCUT2D eigenvalue weighted by Crippen LogP contribution is 2.44. The van der Waals surface area contributed by atoms with E-state index in [1.54, 1.807) is 0 Å². The van der Waals surface area contributed by atoms with Crippen LogP contribution in [0.4, 0.5) is 0 Å². The van der Waals surface area contributed by atoms with Crippen molar-refractivity contribution in [3.05, 3.63) is 23.8 Å². The summed E-state index contributed by atoms with van der Waals surface area (Å²) in [7, 11) is 0. The lowest BCUT2D eigenvalue weighted by atomic mass is 9.66. The smallest absolute Gasteiger partial charge is 0.308 e. The van der Waals surface area contributed by atoms with Crippen molar-refractivity contribution in [3.8, 4) is 0 Å². The van der Waals surface area contributed by atoms with Gasteiger partial charge in [-0.25, -0.2) is 0 Å². The minimum atomic E-state index is -0.593. The first-order valence-electron chi connectivity index (χ1n) is 10.8. The zero-order valence-electron chi connectivity index (χ0n) is 17.3. The summed E-state index contributed by atoms with van der Waals surface area (Å²) in [5.74, 6) is 0.426. The lowest BCUT2D eigenvalue weighted by molar-refractivity contribution is -0.162. The highest BCUT2D eigenvalue weighted by atomic mass is 16.5. The molecule has 0 aromatic carbocycles. The third kappa shape index (κ3) is 4.86. The van der Waals surface area contributed by atoms with E-state index in [9.17, 15) is 14.7 Å². The van der Waals surface area contributed by atoms with Gasteiger partial charge in [0.2, 0.25) is 0 Å². The van der Waals surface area contributed by atoms with Crippen molar-refractivity contribution in [2.24, 2.45) is 23.7 Å². The van der Waals surface area contributed by atoms with Gasteiger partial charge >= 0.3 is 11.9 Å². The summed E-state index contributed by atoms with van der Waals surface area (Å²) >= 11 is 0. The van der Waals surface area contributed by atoms with E-state index in [-0.39, 0.29) is 42.4 Å². The minimum Gasteiger partial charge on any atom is -0.462 e. The molecule has 5 heteroatoms. The molecule has 1 heterocycles. The van der Waals surface area contributed by atoms with E-state index in [1.807, 2.05) is 13.8 Å². The van der Waals surface area contributed by atoms with E-state index in [1.165, 1.54) is 5.57 Å². The van der Waals surface area contributed by atoms with Gasteiger partial charge in [0, 0.05) is 12.3 Å². The monoisotopic (exact) mass is 390 g/mol. The normalized spacial score (nSPS) is 36.1. The maximum atomic E-state index is 12.4. The van der Waals surface area contributed by atoms with Crippen molar-refractivity contribution in [2.75, 3.05) is 0 Å². The zero-order chi connectivity index (χ0) is 20.3. The predicted octanol–water partition coefficient (Wildman–Crippen LogP) is 3.95. The van der Waals surface area contributed by atoms with Gasteiger partial charge in [-0.05, 0) is 49.5 Å². The molecular formula is C23H34O5. The fourth-order valence-electron chi connectivity index (χ4n) is 4.80. The first-order valence-corrected chi connectivity index (χ1v) is 10.8. The standard InChI is InChI=1S/C23H34O5/c1-4-14(2)23(26)28-20-7-5-6-16-9-8-15(3)19(22(16)20)11-10-18-12-17(24)13-21(25)27-18/h6,8-9,14-15,17-20,22,24H,4-5,7,10-13H2,1-3H3/t14?,15-,17-,18-,19-,20-,22-/m1/s1. The third-order valence-corrected chi connectivity index (χ3v) is 6.69. The molecule has 1 fully saturated rings. The van der Waals surface area contributed by atoms with E-state index in [0.29, 0.717) is 18.3 Å². The molecule has 5 nitrogen and oxygen atoms in total. The van der Waals surface area contributed by atoms with Gasteiger partial charge in [0.1, 0.15) is 12.2 Å². The summed E-state index contributed by atoms with van der Waals surface area (Å²) in [4.78, 5) is 24.1. The molecule has 0 spiro atoms. The minimum absolute atomic E-state index is 0.0764. The number of fused-ring (bicyclic) bond motifs is 1. The zero-order valence-corrected chi connectivity index (χ0v) is 17.3. The fourth-order valence-corrected chi connectivity index (χ4v) is 4.80. The molecule has 0 saturated carbocycles. The van der Waals surface area contributed by atoms with Crippen LogP contribution in [0.3, 0.4) is 0 Å². The van der Waals surface area contributed by atoms with Crippen molar-refractivity contribution >= 4 is 11.9 Å². The molecule has 3 rings (SSSR count). The van der Waals surface area contributed by atoms with Crippen LogP contribution in [0.1, 0.15) is 65.7 Å². The van der Waals surface area contributed by atoms with Gasteiger partial charge in [0.15, 0.2) is 0 Å². The summed E-state index contributed by atoms with van der Waals surface area (Å²) in [6.07, 6.45) is 10.6. The lowest BCUT2D eigenvalue weighted by Gasteiger charge is -2.42. The van der Waals surface area contributed by atoms with Crippen LogP contribution in [0.5, 0.6) is 0 Å². The van der Waals surface area contributed by atoms with Gasteiger partial charge in [-0.1, -0.05) is 39.0 Å². The van der Waals surface area contributed by atoms with E-state index < -0.39 is 6.10 Å². The van der Waals surface area contributed by atoms with E-state index in [4.69, 9.17) is 9.47 Å². The van der Waals surface area contributed by atoms with Crippen molar-refractivity contribution in [3.63, 3.8) is 0 Å². The Bertz CT molecular complexity index is 637. The second kappa shape index (κ2) is 9.25. The van der Waals surface area contributed by atoms with Gasteiger partial charge in [0.05, 0.1) is 18.4 Å². The average molecular weight is 391 g/mol. The van der Waals surface area contributed by atoms with Crippen LogP contribution in [0.2, 0.25) is 0 Å². The van der Waals surface area contributed by atoms with Crippen molar-refractivity contribution < 1.29 is 24.2 Å². The van der Waals surface area contributed by atoms with Crippen LogP contribution in [0.25, 0.3) is 0 Å². The quantitative estimate of drug-likeness (QED) is 0.695. The Morgan fingerprint density at radius 3 is 2.89 bits per heavy atom. The number of carbonyl (C=O) groups excluding carboxylic acids is 2. The Hall–Kier alpha value is -1.62. The molecule has 0 amide bonds. The number of cyclic esters (lactones) is 1. The Kier molecular flexibility index (Phi) is 6.97. The van der Waals surface area contributed by atoms with Gasteiger partial charge < -0.3 is 14.6 Å². The number of hydrogen-bond acceptors (Lipinski definition) is 5. The second-order valence-electron chi connectivity index (χ2n) is 8.76. The summed E-state index contributed by atoms with van der Waals surface area (Å²) < 4.78 is 11.4. The fraction of sp³-hybridized carbons (Fsp3) is 0.739. The number of hydrogen-bond donors (Lipinski definition) is 1. The third-order valence-electron chi connectivity index (χ3n) is 6.69. The number of carbonyl (C=O) groups is 2. The summed E-state index contributed by atoms with van der Waals surface area (Å²) in [5, 5.41) is 9.86. The second-order valence-corrected chi connectivity index (χ2v) is 8.76. The van der Waals surface area contributed by atoms with E-state index in [0.717, 1.165) is 32.1 Å². The summed E-state index contributed by atoms with van der Waals surface area (Å²) in [6, 6.07) is 0. The molecule has 1 N–H and O–H groups in total. The van der Waals surface area contributed by atoms with Gasteiger partial charge in [-0.15, -0.1) is 0 Å². The highest BCUT2D eigenvalue weighted by molar-refractivity contribution is 5.72. The molecule has 1 aliphatic heterocycles. The number of allylic oxidation sites excluding steroid dienone is 3. The Balaban J connectivity index is 1.70. The average Bonchev–Trinajstić information content (AvgIpc) is 2.66. The number of rotatable bonds is 6. The number of ether oxygens (including phenoxy) is 2. The van der Waals surface area contributed by atoms with Crippen LogP contribution in [-0.2, 0) is 19.1 Å². The Labute approximate surface area is 168 Å². The molecule has 0 bridgehead atoms. The first-order chi connectivity index (χ1) is 13.4. The van der Waals surface area contributed by atoms with E-state index in [2.05, 4.69) is 25.2 Å². The maximum absolute atomic E-state index is 12.4. The molecule has 3 aliphatic rings. The highest BCUT2D eigenvalue weighted by Gasteiger charge is 2.40. The topological polar surface area (TPSA) is 72.8 Å². The number of aliphatic hydroxyl groups excluding tert-OH is 1. The van der Waals surface area contributed by atoms with Crippen molar-refractivity contribution in [1.29, 1.82) is 0 Å². The largest absolute Gasteiger partial charge is 0.462 e. The van der Waals surface area contributed by atoms with Crippen LogP contribution >= 0.6 is 0 Å². The summed E-state index contributed by atoms with van der Waals surface area (Å²) in [5.41, 5.74) is 1.27. The van der Waals surface area contributed by atoms with Crippen LogP contribution in [-0.4, -0.2) is 35.4 Å². The SMILES string of the molecule is CCC(C)C(=O)O[C@@H]1CCC=C2C=C[C@@H](C)[C@@H](CC[C@@H]3C[C@@H](O)CC(=O)O3)[C@@H]21. The molecular weight excluding hydrogens is 356 g/mol. The number of esters is 2. The van der Waals surface area contributed by atoms with Crippen LogP contribution in [0, 0.1) is 23.7 Å². The molecule has 1 unspecified atom stereocenters. The lowest BCUT2D eigenvalue weighted by Crippen LogP contribution is -2.40. The molecule has 7 atom stereocenters. The molecule has 28 heavy (non-hydrogen) atoms. The van der Waals surface area contributed by atoms with Gasteiger partial charge in [-0.2, -0.15) is 0 Å². The molecule has 156 valence electrons. The molecule has 0 radical (unpaired) electrons. The van der Waals surface area contributed by atoms with Crippen molar-refractivity contribution in [2.45, 2.75) is 84.0 Å². The van der Waals surface area contributed by atoms with E-state index >= 15 is 0 Å². The maximum Gasteiger partial charge on any atom is 0.308 e. The Morgan fingerprint density at radius 2 is 2.18 bits per heavy atom. The predicted molar refractivity (Wildman–Crippen MR) is 106 cm³/mol. The van der Waals surface area contributed by atoms with Gasteiger partial charge in [-0.3, -0.25) is 9.59 Å². The van der Waals surface area contributed by atoms with Gasteiger partial charge in [0.25, 0.3) is 0 Å². The molecule has 0 aromatic rings. The Morgan fingerprint density at radius 1 is 1.39 bits per heavy atom. The molecule has 2 aliphatic carbocycles. The van der Waals surface area contributed by atoms with Crippen molar-refractivity contribution in [1.82, 2.24) is 0 Å². The summed E-state index contributed by atoms with van der Waals surface area (Å²) in [6.45, 7) is 6.14. The molecule has 0 aromatic heterocycles. The van der Waals surface area contributed by atoms with Crippen LogP contribution < -0.4 is 0 Å². The first kappa shape index (κ1) is 21.1. The van der Waals surface area contributed by atoms with Crippen LogP contribution in [0.15, 0.2) is 23.8 Å². The molecule has 1 saturated heterocycles. The number of aliphatic hydroxyl groups is 1.